The first-order valence-corrected chi connectivity index (χ1v) is 12.0. The third kappa shape index (κ3) is 11.3. The third-order valence-corrected chi connectivity index (χ3v) is 5.29. The molecule has 2 amide bonds. The van der Waals surface area contributed by atoms with E-state index in [1.165, 1.54) is 25.7 Å². The van der Waals surface area contributed by atoms with E-state index in [4.69, 9.17) is 4.74 Å². The van der Waals surface area contributed by atoms with Gasteiger partial charge in [-0.2, -0.15) is 0 Å². The Labute approximate surface area is 193 Å². The van der Waals surface area contributed by atoms with Crippen LogP contribution in [0.2, 0.25) is 0 Å². The number of rotatable bonds is 14. The van der Waals surface area contributed by atoms with Crippen molar-refractivity contribution < 1.29 is 19.1 Å². The van der Waals surface area contributed by atoms with Gasteiger partial charge in [0.15, 0.2) is 0 Å². The van der Waals surface area contributed by atoms with Gasteiger partial charge in [-0.1, -0.05) is 82.2 Å². The molecule has 6 heteroatoms. The standard InChI is InChI=1S/C26H42N2O4/c1-6-7-8-9-10-11-13-18-21(19-22(29)32-26(2,3)4)24(30)28-23(25(31)27-5)20-16-14-12-15-17-20/h12,14-17,21,23H,6-11,13,18-19H2,1-5H3,(H,27,31)(H,28,30)/t21-,23-/m1/s1. The molecular weight excluding hydrogens is 404 g/mol. The Balaban J connectivity index is 2.81. The summed E-state index contributed by atoms with van der Waals surface area (Å²) < 4.78 is 5.45. The second-order valence-corrected chi connectivity index (χ2v) is 9.36. The molecule has 0 aliphatic carbocycles. The van der Waals surface area contributed by atoms with Gasteiger partial charge in [-0.15, -0.1) is 0 Å². The molecular formula is C26H42N2O4. The van der Waals surface area contributed by atoms with Gasteiger partial charge in [0.05, 0.1) is 6.42 Å². The molecule has 0 saturated carbocycles. The molecule has 0 fully saturated rings. The molecule has 0 radical (unpaired) electrons. The zero-order valence-corrected chi connectivity index (χ0v) is 20.5. The van der Waals surface area contributed by atoms with Crippen molar-refractivity contribution in [1.82, 2.24) is 10.6 Å². The first kappa shape index (κ1) is 27.7. The van der Waals surface area contributed by atoms with Crippen LogP contribution in [0.5, 0.6) is 0 Å². The van der Waals surface area contributed by atoms with E-state index < -0.39 is 23.5 Å². The lowest BCUT2D eigenvalue weighted by Gasteiger charge is -2.24. The second-order valence-electron chi connectivity index (χ2n) is 9.36. The Kier molecular flexibility index (Phi) is 12.7. The highest BCUT2D eigenvalue weighted by molar-refractivity contribution is 5.90. The molecule has 0 spiro atoms. The van der Waals surface area contributed by atoms with Crippen molar-refractivity contribution in [2.45, 2.75) is 97.1 Å². The molecule has 0 heterocycles. The number of ether oxygens (including phenoxy) is 1. The molecule has 0 saturated heterocycles. The molecule has 32 heavy (non-hydrogen) atoms. The van der Waals surface area contributed by atoms with Crippen molar-refractivity contribution >= 4 is 17.8 Å². The van der Waals surface area contributed by atoms with Crippen molar-refractivity contribution in [3.05, 3.63) is 35.9 Å². The quantitative estimate of drug-likeness (QED) is 0.308. The monoisotopic (exact) mass is 446 g/mol. The normalized spacial score (nSPS) is 13.2. The van der Waals surface area contributed by atoms with E-state index in [1.54, 1.807) is 19.2 Å². The fraction of sp³-hybridized carbons (Fsp3) is 0.654. The average molecular weight is 447 g/mol. The summed E-state index contributed by atoms with van der Waals surface area (Å²) in [5.41, 5.74) is 0.0960. The average Bonchev–Trinajstić information content (AvgIpc) is 2.74. The maximum absolute atomic E-state index is 13.2. The smallest absolute Gasteiger partial charge is 0.307 e. The van der Waals surface area contributed by atoms with E-state index in [1.807, 2.05) is 39.0 Å². The van der Waals surface area contributed by atoms with Crippen molar-refractivity contribution in [1.29, 1.82) is 0 Å². The van der Waals surface area contributed by atoms with Gasteiger partial charge in [0, 0.05) is 13.0 Å². The van der Waals surface area contributed by atoms with E-state index in [-0.39, 0.29) is 18.2 Å². The van der Waals surface area contributed by atoms with Crippen LogP contribution in [-0.2, 0) is 19.1 Å². The zero-order chi connectivity index (χ0) is 24.0. The maximum Gasteiger partial charge on any atom is 0.307 e. The van der Waals surface area contributed by atoms with Gasteiger partial charge in [-0.05, 0) is 32.8 Å². The number of carbonyl (C=O) groups is 3. The number of amides is 2. The minimum absolute atomic E-state index is 0.00813. The van der Waals surface area contributed by atoms with Crippen LogP contribution in [0.3, 0.4) is 0 Å². The summed E-state index contributed by atoms with van der Waals surface area (Å²) in [6.45, 7) is 7.63. The first-order chi connectivity index (χ1) is 15.2. The topological polar surface area (TPSA) is 84.5 Å². The molecule has 2 atom stereocenters. The maximum atomic E-state index is 13.2. The predicted octanol–water partition coefficient (Wildman–Crippen LogP) is 5.08. The molecule has 2 N–H and O–H groups in total. The van der Waals surface area contributed by atoms with E-state index in [0.29, 0.717) is 12.0 Å². The summed E-state index contributed by atoms with van der Waals surface area (Å²) >= 11 is 0. The lowest BCUT2D eigenvalue weighted by Crippen LogP contribution is -2.42. The Morgan fingerprint density at radius 2 is 1.50 bits per heavy atom. The number of carbonyl (C=O) groups excluding carboxylic acids is 3. The summed E-state index contributed by atoms with van der Waals surface area (Å²) in [6.07, 6.45) is 8.53. The summed E-state index contributed by atoms with van der Waals surface area (Å²) in [4.78, 5) is 38.0. The fourth-order valence-corrected chi connectivity index (χ4v) is 3.61. The molecule has 6 nitrogen and oxygen atoms in total. The molecule has 0 aromatic heterocycles. The predicted molar refractivity (Wildman–Crippen MR) is 128 cm³/mol. The first-order valence-electron chi connectivity index (χ1n) is 12.0. The number of unbranched alkanes of at least 4 members (excludes halogenated alkanes) is 6. The molecule has 1 rings (SSSR count). The van der Waals surface area contributed by atoms with Crippen LogP contribution in [-0.4, -0.2) is 30.4 Å². The van der Waals surface area contributed by atoms with Gasteiger partial charge in [-0.3, -0.25) is 14.4 Å². The van der Waals surface area contributed by atoms with Crippen LogP contribution in [0.1, 0.15) is 97.1 Å². The Hall–Kier alpha value is -2.37. The largest absolute Gasteiger partial charge is 0.460 e. The lowest BCUT2D eigenvalue weighted by atomic mass is 9.95. The van der Waals surface area contributed by atoms with Crippen LogP contribution in [0.15, 0.2) is 30.3 Å². The van der Waals surface area contributed by atoms with Crippen LogP contribution in [0, 0.1) is 5.92 Å². The van der Waals surface area contributed by atoms with Crippen molar-refractivity contribution in [3.63, 3.8) is 0 Å². The Morgan fingerprint density at radius 1 is 0.906 bits per heavy atom. The van der Waals surface area contributed by atoms with E-state index >= 15 is 0 Å². The molecule has 180 valence electrons. The van der Waals surface area contributed by atoms with Gasteiger partial charge in [0.2, 0.25) is 11.8 Å². The van der Waals surface area contributed by atoms with Gasteiger partial charge >= 0.3 is 5.97 Å². The van der Waals surface area contributed by atoms with Crippen molar-refractivity contribution in [3.8, 4) is 0 Å². The number of benzene rings is 1. The lowest BCUT2D eigenvalue weighted by molar-refractivity contribution is -0.157. The number of likely N-dealkylation sites (N-methyl/N-ethyl adjacent to an activating group) is 1. The summed E-state index contributed by atoms with van der Waals surface area (Å²) in [5.74, 6) is -1.51. The van der Waals surface area contributed by atoms with Crippen molar-refractivity contribution in [2.75, 3.05) is 7.05 Å². The minimum atomic E-state index is -0.802. The van der Waals surface area contributed by atoms with Gasteiger partial charge in [0.1, 0.15) is 11.6 Å². The Morgan fingerprint density at radius 3 is 2.06 bits per heavy atom. The minimum Gasteiger partial charge on any atom is -0.460 e. The number of hydrogen-bond donors (Lipinski definition) is 2. The van der Waals surface area contributed by atoms with Gasteiger partial charge < -0.3 is 15.4 Å². The van der Waals surface area contributed by atoms with Crippen LogP contribution in [0.25, 0.3) is 0 Å². The zero-order valence-electron chi connectivity index (χ0n) is 20.5. The molecule has 0 bridgehead atoms. The van der Waals surface area contributed by atoms with Crippen LogP contribution in [0.4, 0.5) is 0 Å². The molecule has 1 aromatic carbocycles. The van der Waals surface area contributed by atoms with Crippen LogP contribution >= 0.6 is 0 Å². The second kappa shape index (κ2) is 14.6. The summed E-state index contributed by atoms with van der Waals surface area (Å²) in [7, 11) is 1.54. The molecule has 0 unspecified atom stereocenters. The summed E-state index contributed by atoms with van der Waals surface area (Å²) in [5, 5.41) is 5.47. The molecule has 1 aromatic rings. The van der Waals surface area contributed by atoms with Crippen LogP contribution < -0.4 is 10.6 Å². The highest BCUT2D eigenvalue weighted by Gasteiger charge is 2.29. The number of esters is 1. The van der Waals surface area contributed by atoms with Crippen molar-refractivity contribution in [2.24, 2.45) is 5.92 Å². The number of nitrogens with one attached hydrogen (secondary N) is 2. The van der Waals surface area contributed by atoms with Gasteiger partial charge in [-0.25, -0.2) is 0 Å². The third-order valence-electron chi connectivity index (χ3n) is 5.29. The highest BCUT2D eigenvalue weighted by atomic mass is 16.6. The van der Waals surface area contributed by atoms with Gasteiger partial charge in [0.25, 0.3) is 0 Å². The molecule has 0 aliphatic rings. The Bertz CT molecular complexity index is 698. The van der Waals surface area contributed by atoms with E-state index in [2.05, 4.69) is 17.6 Å². The number of hydrogen-bond acceptors (Lipinski definition) is 4. The summed E-state index contributed by atoms with van der Waals surface area (Å²) in [6, 6.07) is 8.32. The fourth-order valence-electron chi connectivity index (χ4n) is 3.61. The highest BCUT2D eigenvalue weighted by Crippen LogP contribution is 2.21. The van der Waals surface area contributed by atoms with E-state index in [9.17, 15) is 14.4 Å². The molecule has 0 aliphatic heterocycles. The van der Waals surface area contributed by atoms with E-state index in [0.717, 1.165) is 19.3 Å². The SMILES string of the molecule is CCCCCCCCC[C@H](CC(=O)OC(C)(C)C)C(=O)N[C@@H](C(=O)NC)c1ccccc1.